The molecule has 4 atom stereocenters. The number of nitrogens with one attached hydrogen (secondary N) is 1. The summed E-state index contributed by atoms with van der Waals surface area (Å²) in [6.45, 7) is 1.03. The molecule has 1 saturated carbocycles. The number of nitriles is 1. The van der Waals surface area contributed by atoms with Crippen molar-refractivity contribution >= 4 is 40.9 Å². The van der Waals surface area contributed by atoms with E-state index in [1.54, 1.807) is 45.8 Å². The summed E-state index contributed by atoms with van der Waals surface area (Å²) >= 11 is 1.29. The van der Waals surface area contributed by atoms with E-state index in [4.69, 9.17) is 10.00 Å². The summed E-state index contributed by atoms with van der Waals surface area (Å²) in [6.07, 6.45) is 5.05. The van der Waals surface area contributed by atoms with Gasteiger partial charge in [-0.25, -0.2) is 0 Å². The van der Waals surface area contributed by atoms with Crippen molar-refractivity contribution in [2.45, 2.75) is 50.7 Å². The average molecular weight is 681 g/mol. The number of carbonyl (C=O) groups excluding carboxylic acids is 5. The lowest BCUT2D eigenvalue weighted by Gasteiger charge is -2.43. The van der Waals surface area contributed by atoms with Crippen LogP contribution in [-0.2, 0) is 16.0 Å². The second-order valence-corrected chi connectivity index (χ2v) is 13.8. The minimum atomic E-state index is -0.726. The van der Waals surface area contributed by atoms with Crippen LogP contribution in [0.4, 0.5) is 0 Å². The fraction of sp³-hybridized carbons (Fsp3) is 0.417. The molecular formula is C36H36N6O6S. The van der Waals surface area contributed by atoms with Crippen LogP contribution in [0.2, 0.25) is 0 Å². The Morgan fingerprint density at radius 1 is 0.980 bits per heavy atom. The van der Waals surface area contributed by atoms with Gasteiger partial charge in [0.1, 0.15) is 23.3 Å². The smallest absolute Gasteiger partial charge is 0.265 e. The van der Waals surface area contributed by atoms with Gasteiger partial charge in [-0.2, -0.15) is 5.26 Å². The number of amides is 5. The molecule has 12 nitrogen and oxygen atoms in total. The number of rotatable bonds is 8. The summed E-state index contributed by atoms with van der Waals surface area (Å²) in [7, 11) is 0. The van der Waals surface area contributed by atoms with Crippen LogP contribution in [0.5, 0.6) is 5.75 Å². The first kappa shape index (κ1) is 32.5. The summed E-state index contributed by atoms with van der Waals surface area (Å²) in [5.41, 5.74) is 3.95. The zero-order chi connectivity index (χ0) is 34.1. The lowest BCUT2D eigenvalue weighted by molar-refractivity contribution is -0.146. The maximum Gasteiger partial charge on any atom is 0.265 e. The lowest BCUT2D eigenvalue weighted by atomic mass is 9.77. The highest BCUT2D eigenvalue weighted by Crippen LogP contribution is 2.42. The van der Waals surface area contributed by atoms with Crippen molar-refractivity contribution in [3.63, 3.8) is 0 Å². The van der Waals surface area contributed by atoms with Gasteiger partial charge in [0.15, 0.2) is 0 Å². The average Bonchev–Trinajstić information content (AvgIpc) is 3.89. The highest BCUT2D eigenvalue weighted by atomic mass is 32.1. The number of hydrogen-bond acceptors (Lipinski definition) is 9. The van der Waals surface area contributed by atoms with Crippen LogP contribution in [0.15, 0.2) is 54.2 Å². The molecule has 252 valence electrons. The van der Waals surface area contributed by atoms with Crippen LogP contribution in [0, 0.1) is 23.2 Å². The third-order valence-electron chi connectivity index (χ3n) is 10.1. The molecule has 2 aromatic carbocycles. The van der Waals surface area contributed by atoms with Gasteiger partial charge in [-0.1, -0.05) is 37.1 Å². The van der Waals surface area contributed by atoms with Crippen molar-refractivity contribution in [2.75, 3.05) is 32.7 Å². The minimum absolute atomic E-state index is 0.0792. The number of thiazole rings is 1. The van der Waals surface area contributed by atoms with E-state index in [0.29, 0.717) is 67.1 Å². The molecule has 0 bridgehead atoms. The topological polar surface area (TPSA) is 153 Å². The third-order valence-corrected chi connectivity index (χ3v) is 10.9. The van der Waals surface area contributed by atoms with Crippen LogP contribution in [0.3, 0.4) is 0 Å². The van der Waals surface area contributed by atoms with Crippen molar-refractivity contribution in [1.82, 2.24) is 25.0 Å². The summed E-state index contributed by atoms with van der Waals surface area (Å²) in [4.78, 5) is 77.3. The largest absolute Gasteiger partial charge is 0.488 e. The van der Waals surface area contributed by atoms with Gasteiger partial charge in [0.05, 0.1) is 48.0 Å². The van der Waals surface area contributed by atoms with Crippen LogP contribution in [0.25, 0.3) is 0 Å². The molecule has 1 N–H and O–H groups in total. The number of aromatic nitrogens is 1. The van der Waals surface area contributed by atoms with Crippen LogP contribution in [0.1, 0.15) is 79.7 Å². The predicted molar refractivity (Wildman–Crippen MR) is 178 cm³/mol. The summed E-state index contributed by atoms with van der Waals surface area (Å²) in [5, 5.41) is 11.7. The Labute approximate surface area is 287 Å². The van der Waals surface area contributed by atoms with E-state index in [1.807, 2.05) is 24.3 Å². The van der Waals surface area contributed by atoms with E-state index >= 15 is 0 Å². The first-order valence-electron chi connectivity index (χ1n) is 16.7. The normalized spacial score (nSPS) is 23.1. The molecule has 4 aliphatic rings. The number of fused-ring (bicyclic) bond motifs is 2. The summed E-state index contributed by atoms with van der Waals surface area (Å²) in [6, 6.07) is 13.6. The number of benzene rings is 2. The second-order valence-electron chi connectivity index (χ2n) is 12.9. The highest BCUT2D eigenvalue weighted by molar-refractivity contribution is 7.11. The molecule has 0 spiro atoms. The van der Waals surface area contributed by atoms with Crippen LogP contribution >= 0.6 is 11.3 Å². The number of carbonyl (C=O) groups is 5. The Morgan fingerprint density at radius 2 is 1.73 bits per heavy atom. The molecule has 7 rings (SSSR count). The van der Waals surface area contributed by atoms with Gasteiger partial charge >= 0.3 is 0 Å². The Hall–Kier alpha value is -5.09. The molecule has 2 fully saturated rings. The molecule has 3 aromatic rings. The lowest BCUT2D eigenvalue weighted by Crippen LogP contribution is -2.51. The van der Waals surface area contributed by atoms with E-state index in [2.05, 4.69) is 10.3 Å². The SMILES string of the molecule is N#CCNC(=O)[C@@H]1CCCCC1C(=O)N1CCc2cccc(OC3CCN(C(=O)c4cncs4)C3)c2[C@H]1CN1C(=O)c2ccccc2C1=O. The fourth-order valence-corrected chi connectivity index (χ4v) is 8.34. The minimum Gasteiger partial charge on any atom is -0.488 e. The summed E-state index contributed by atoms with van der Waals surface area (Å²) in [5.74, 6) is -2.09. The first-order valence-corrected chi connectivity index (χ1v) is 17.6. The second kappa shape index (κ2) is 13.8. The Kier molecular flexibility index (Phi) is 9.14. The number of nitrogens with zero attached hydrogens (tertiary/aromatic N) is 5. The highest BCUT2D eigenvalue weighted by Gasteiger charge is 2.45. The van der Waals surface area contributed by atoms with Crippen molar-refractivity contribution < 1.29 is 28.7 Å². The van der Waals surface area contributed by atoms with Crippen molar-refractivity contribution in [3.05, 3.63) is 81.3 Å². The van der Waals surface area contributed by atoms with E-state index in [0.717, 1.165) is 24.0 Å². The fourth-order valence-electron chi connectivity index (χ4n) is 7.75. The standard InChI is InChI=1S/C36H36N6O6S/c37-14-15-39-32(43)24-7-1-2-8-25(24)33(44)41-17-12-22-6-5-11-29(48-23-13-16-40(19-23)36(47)30-18-38-21-49-30)31(22)28(41)20-42-34(45)26-9-3-4-10-27(26)35(42)46/h3-6,9-11,18,21,23-25,28H,1-2,7-8,12-13,15-17,19-20H2,(H,39,43)/t23?,24-,25?,28-/m1/s1. The third kappa shape index (κ3) is 6.17. The molecule has 13 heteroatoms. The van der Waals surface area contributed by atoms with Crippen molar-refractivity contribution in [3.8, 4) is 11.8 Å². The maximum atomic E-state index is 14.6. The van der Waals surface area contributed by atoms with E-state index in [9.17, 15) is 24.0 Å². The van der Waals surface area contributed by atoms with Crippen LogP contribution in [-0.4, -0.2) is 88.0 Å². The van der Waals surface area contributed by atoms with Gasteiger partial charge in [-0.15, -0.1) is 11.3 Å². The molecule has 3 aliphatic heterocycles. The predicted octanol–water partition coefficient (Wildman–Crippen LogP) is 3.60. The molecule has 1 aliphatic carbocycles. The van der Waals surface area contributed by atoms with Gasteiger partial charge in [0.25, 0.3) is 17.7 Å². The van der Waals surface area contributed by atoms with E-state index in [1.165, 1.54) is 16.2 Å². The molecule has 49 heavy (non-hydrogen) atoms. The van der Waals surface area contributed by atoms with Crippen molar-refractivity contribution in [1.29, 1.82) is 5.26 Å². The number of hydrogen-bond donors (Lipinski definition) is 1. The van der Waals surface area contributed by atoms with Gasteiger partial charge in [-0.05, 0) is 43.0 Å². The number of ether oxygens (including phenoxy) is 1. The summed E-state index contributed by atoms with van der Waals surface area (Å²) < 4.78 is 6.63. The monoisotopic (exact) mass is 680 g/mol. The molecule has 1 aromatic heterocycles. The first-order chi connectivity index (χ1) is 23.9. The molecular weight excluding hydrogens is 644 g/mol. The van der Waals surface area contributed by atoms with Gasteiger partial charge < -0.3 is 19.9 Å². The molecule has 0 radical (unpaired) electrons. The number of imide groups is 1. The molecule has 2 unspecified atom stereocenters. The Bertz CT molecular complexity index is 1800. The van der Waals surface area contributed by atoms with E-state index in [-0.39, 0.29) is 36.9 Å². The van der Waals surface area contributed by atoms with Gasteiger partial charge in [-0.3, -0.25) is 33.9 Å². The molecule has 1 saturated heterocycles. The maximum absolute atomic E-state index is 14.6. The molecule has 4 heterocycles. The quantitative estimate of drug-likeness (QED) is 0.280. The van der Waals surface area contributed by atoms with Crippen LogP contribution < -0.4 is 10.1 Å². The van der Waals surface area contributed by atoms with Gasteiger partial charge in [0, 0.05) is 36.9 Å². The van der Waals surface area contributed by atoms with Gasteiger partial charge in [0.2, 0.25) is 11.8 Å². The van der Waals surface area contributed by atoms with E-state index < -0.39 is 29.7 Å². The zero-order valence-corrected chi connectivity index (χ0v) is 27.7. The Balaban J connectivity index is 1.21. The number of likely N-dealkylation sites (tertiary alicyclic amines) is 1. The zero-order valence-electron chi connectivity index (χ0n) is 26.9. The molecule has 5 amide bonds. The Morgan fingerprint density at radius 3 is 2.45 bits per heavy atom. The van der Waals surface area contributed by atoms with Crippen molar-refractivity contribution in [2.24, 2.45) is 11.8 Å².